The Balaban J connectivity index is 1.68. The Morgan fingerprint density at radius 2 is 1.73 bits per heavy atom. The average molecular weight is 341 g/mol. The van der Waals surface area contributed by atoms with E-state index in [4.69, 9.17) is 9.84 Å². The van der Waals surface area contributed by atoms with Gasteiger partial charge in [0.1, 0.15) is 5.75 Å². The standard InChI is InChI=1S/C22H19N3O/c1-16(17-7-4-3-5-8-17)15-21-23-22-10-6-9-20(25(22)24-21)18-11-13-19(26-2)14-12-18/h3-14H,1,15H2,2H3. The lowest BCUT2D eigenvalue weighted by Crippen LogP contribution is -1.96. The van der Waals surface area contributed by atoms with Crippen molar-refractivity contribution < 1.29 is 4.74 Å². The van der Waals surface area contributed by atoms with Crippen LogP contribution in [0.4, 0.5) is 0 Å². The molecule has 2 aromatic carbocycles. The molecule has 128 valence electrons. The molecule has 0 aliphatic rings. The van der Waals surface area contributed by atoms with Crippen LogP contribution in [-0.2, 0) is 6.42 Å². The van der Waals surface area contributed by atoms with Gasteiger partial charge in [0.25, 0.3) is 0 Å². The molecule has 0 saturated heterocycles. The maximum absolute atomic E-state index is 5.24. The van der Waals surface area contributed by atoms with Crippen LogP contribution in [0.25, 0.3) is 22.5 Å². The number of pyridine rings is 1. The van der Waals surface area contributed by atoms with E-state index in [0.717, 1.165) is 39.6 Å². The molecular formula is C22H19N3O. The molecule has 2 heterocycles. The predicted octanol–water partition coefficient (Wildman–Crippen LogP) is 4.66. The number of allylic oxidation sites excluding steroid dienone is 1. The van der Waals surface area contributed by atoms with Crippen LogP contribution in [-0.4, -0.2) is 21.7 Å². The third-order valence-electron chi connectivity index (χ3n) is 4.34. The topological polar surface area (TPSA) is 39.4 Å². The third kappa shape index (κ3) is 3.09. The number of aromatic nitrogens is 3. The number of ether oxygens (including phenoxy) is 1. The quantitative estimate of drug-likeness (QED) is 0.530. The average Bonchev–Trinajstić information content (AvgIpc) is 3.11. The van der Waals surface area contributed by atoms with Crippen molar-refractivity contribution in [3.63, 3.8) is 0 Å². The molecule has 4 nitrogen and oxygen atoms in total. The molecule has 26 heavy (non-hydrogen) atoms. The molecule has 0 amide bonds. The summed E-state index contributed by atoms with van der Waals surface area (Å²) in [5.41, 5.74) is 5.01. The highest BCUT2D eigenvalue weighted by Gasteiger charge is 2.10. The lowest BCUT2D eigenvalue weighted by atomic mass is 10.0. The molecule has 4 heteroatoms. The fourth-order valence-corrected chi connectivity index (χ4v) is 2.97. The first-order valence-corrected chi connectivity index (χ1v) is 8.47. The Kier molecular flexibility index (Phi) is 4.23. The van der Waals surface area contributed by atoms with Crippen molar-refractivity contribution in [3.05, 3.63) is 90.8 Å². The Hall–Kier alpha value is -3.40. The molecule has 0 saturated carbocycles. The van der Waals surface area contributed by atoms with E-state index in [1.165, 1.54) is 0 Å². The summed E-state index contributed by atoms with van der Waals surface area (Å²) in [5.74, 6) is 1.60. The summed E-state index contributed by atoms with van der Waals surface area (Å²) in [6, 6.07) is 24.1. The molecule has 0 fully saturated rings. The molecule has 0 atom stereocenters. The monoisotopic (exact) mass is 341 g/mol. The third-order valence-corrected chi connectivity index (χ3v) is 4.34. The molecule has 0 aliphatic carbocycles. The largest absolute Gasteiger partial charge is 0.497 e. The Bertz CT molecular complexity index is 1050. The molecule has 4 aromatic rings. The summed E-state index contributed by atoms with van der Waals surface area (Å²) in [6.45, 7) is 4.19. The van der Waals surface area contributed by atoms with E-state index in [1.807, 2.05) is 65.2 Å². The van der Waals surface area contributed by atoms with Crippen molar-refractivity contribution >= 4 is 11.2 Å². The zero-order valence-corrected chi connectivity index (χ0v) is 14.6. The van der Waals surface area contributed by atoms with Gasteiger partial charge in [-0.05, 0) is 47.5 Å². The number of benzene rings is 2. The molecule has 4 rings (SSSR count). The highest BCUT2D eigenvalue weighted by Crippen LogP contribution is 2.23. The van der Waals surface area contributed by atoms with Gasteiger partial charge in [-0.15, -0.1) is 0 Å². The minimum absolute atomic E-state index is 0.619. The summed E-state index contributed by atoms with van der Waals surface area (Å²) in [4.78, 5) is 4.66. The molecular weight excluding hydrogens is 322 g/mol. The minimum Gasteiger partial charge on any atom is -0.497 e. The second kappa shape index (κ2) is 6.84. The van der Waals surface area contributed by atoms with Crippen LogP contribution in [0.3, 0.4) is 0 Å². The van der Waals surface area contributed by atoms with Gasteiger partial charge in [0.05, 0.1) is 12.8 Å². The number of hydrogen-bond acceptors (Lipinski definition) is 3. The van der Waals surface area contributed by atoms with Crippen LogP contribution in [0.2, 0.25) is 0 Å². The number of nitrogens with zero attached hydrogens (tertiary/aromatic N) is 3. The van der Waals surface area contributed by atoms with Crippen molar-refractivity contribution in [3.8, 4) is 17.0 Å². The van der Waals surface area contributed by atoms with Crippen LogP contribution in [0.5, 0.6) is 5.75 Å². The molecule has 0 unspecified atom stereocenters. The lowest BCUT2D eigenvalue weighted by Gasteiger charge is -2.05. The van der Waals surface area contributed by atoms with Crippen molar-refractivity contribution in [1.29, 1.82) is 0 Å². The number of fused-ring (bicyclic) bond motifs is 1. The van der Waals surface area contributed by atoms with E-state index in [1.54, 1.807) is 7.11 Å². The maximum atomic E-state index is 5.24. The van der Waals surface area contributed by atoms with E-state index in [2.05, 4.69) is 23.7 Å². The Morgan fingerprint density at radius 1 is 0.962 bits per heavy atom. The Labute approximate surface area is 152 Å². The van der Waals surface area contributed by atoms with Crippen LogP contribution >= 0.6 is 0 Å². The molecule has 0 spiro atoms. The van der Waals surface area contributed by atoms with Gasteiger partial charge in [-0.25, -0.2) is 9.50 Å². The smallest absolute Gasteiger partial charge is 0.156 e. The molecule has 0 aliphatic heterocycles. The Morgan fingerprint density at radius 3 is 2.46 bits per heavy atom. The number of hydrogen-bond donors (Lipinski definition) is 0. The number of rotatable bonds is 5. The van der Waals surface area contributed by atoms with Crippen LogP contribution < -0.4 is 4.74 Å². The van der Waals surface area contributed by atoms with E-state index in [-0.39, 0.29) is 0 Å². The van der Waals surface area contributed by atoms with E-state index >= 15 is 0 Å². The van der Waals surface area contributed by atoms with Gasteiger partial charge in [0.2, 0.25) is 0 Å². The fourth-order valence-electron chi connectivity index (χ4n) is 2.97. The van der Waals surface area contributed by atoms with Gasteiger partial charge in [0, 0.05) is 12.0 Å². The van der Waals surface area contributed by atoms with Gasteiger partial charge in [-0.2, -0.15) is 5.10 Å². The second-order valence-electron chi connectivity index (χ2n) is 6.08. The minimum atomic E-state index is 0.619. The van der Waals surface area contributed by atoms with E-state index < -0.39 is 0 Å². The van der Waals surface area contributed by atoms with E-state index in [0.29, 0.717) is 6.42 Å². The van der Waals surface area contributed by atoms with Crippen LogP contribution in [0.15, 0.2) is 79.4 Å². The summed E-state index contributed by atoms with van der Waals surface area (Å²) < 4.78 is 7.12. The van der Waals surface area contributed by atoms with Crippen molar-refractivity contribution in [2.45, 2.75) is 6.42 Å². The first-order valence-electron chi connectivity index (χ1n) is 8.47. The maximum Gasteiger partial charge on any atom is 0.156 e. The predicted molar refractivity (Wildman–Crippen MR) is 104 cm³/mol. The lowest BCUT2D eigenvalue weighted by molar-refractivity contribution is 0.415. The normalized spacial score (nSPS) is 10.8. The van der Waals surface area contributed by atoms with Gasteiger partial charge < -0.3 is 4.74 Å². The highest BCUT2D eigenvalue weighted by molar-refractivity contribution is 5.66. The van der Waals surface area contributed by atoms with Gasteiger partial charge in [0.15, 0.2) is 11.5 Å². The van der Waals surface area contributed by atoms with Crippen molar-refractivity contribution in [2.75, 3.05) is 7.11 Å². The second-order valence-corrected chi connectivity index (χ2v) is 6.08. The van der Waals surface area contributed by atoms with Crippen molar-refractivity contribution in [2.24, 2.45) is 0 Å². The number of methoxy groups -OCH3 is 1. The van der Waals surface area contributed by atoms with Crippen LogP contribution in [0, 0.1) is 0 Å². The first-order chi connectivity index (χ1) is 12.7. The van der Waals surface area contributed by atoms with Crippen LogP contribution in [0.1, 0.15) is 11.4 Å². The molecule has 0 radical (unpaired) electrons. The summed E-state index contributed by atoms with van der Waals surface area (Å²) in [5, 5.41) is 4.71. The molecule has 2 aromatic heterocycles. The molecule has 0 N–H and O–H groups in total. The first kappa shape index (κ1) is 16.1. The summed E-state index contributed by atoms with van der Waals surface area (Å²) in [6.07, 6.45) is 0.619. The van der Waals surface area contributed by atoms with Crippen molar-refractivity contribution in [1.82, 2.24) is 14.6 Å². The van der Waals surface area contributed by atoms with Gasteiger partial charge in [-0.1, -0.05) is 43.0 Å². The van der Waals surface area contributed by atoms with E-state index in [9.17, 15) is 0 Å². The summed E-state index contributed by atoms with van der Waals surface area (Å²) >= 11 is 0. The van der Waals surface area contributed by atoms with Gasteiger partial charge in [-0.3, -0.25) is 0 Å². The molecule has 0 bridgehead atoms. The van der Waals surface area contributed by atoms with Gasteiger partial charge >= 0.3 is 0 Å². The zero-order valence-electron chi connectivity index (χ0n) is 14.6. The highest BCUT2D eigenvalue weighted by atomic mass is 16.5. The fraction of sp³-hybridized carbons (Fsp3) is 0.0909. The zero-order chi connectivity index (χ0) is 17.9. The SMILES string of the molecule is C=C(Cc1nc2cccc(-c3ccc(OC)cc3)n2n1)c1ccccc1. The summed E-state index contributed by atoms with van der Waals surface area (Å²) in [7, 11) is 1.67.